The zero-order valence-corrected chi connectivity index (χ0v) is 9.02. The Morgan fingerprint density at radius 1 is 1.62 bits per heavy atom. The average Bonchev–Trinajstić information content (AvgIpc) is 2.01. The van der Waals surface area contributed by atoms with Gasteiger partial charge in [0.05, 0.1) is 4.47 Å². The van der Waals surface area contributed by atoms with Crippen LogP contribution in [0.2, 0.25) is 0 Å². The summed E-state index contributed by atoms with van der Waals surface area (Å²) in [4.78, 5) is 0. The van der Waals surface area contributed by atoms with Gasteiger partial charge in [-0.1, -0.05) is 0 Å². The summed E-state index contributed by atoms with van der Waals surface area (Å²) in [5.41, 5.74) is 6.16. The Kier molecular flexibility index (Phi) is 2.93. The normalized spacial score (nSPS) is 13.0. The number of hydrogen-bond acceptors (Lipinski definition) is 2. The molecule has 1 atom stereocenters. The summed E-state index contributed by atoms with van der Waals surface area (Å²) in [6.07, 6.45) is 0. The number of aromatic hydroxyl groups is 1. The van der Waals surface area contributed by atoms with Gasteiger partial charge in [-0.05, 0) is 41.4 Å². The molecule has 4 heteroatoms. The Morgan fingerprint density at radius 2 is 2.15 bits per heavy atom. The van der Waals surface area contributed by atoms with Gasteiger partial charge in [0.25, 0.3) is 0 Å². The van der Waals surface area contributed by atoms with Crippen LogP contribution in [-0.4, -0.2) is 5.11 Å². The molecule has 3 N–H and O–H groups in total. The summed E-state index contributed by atoms with van der Waals surface area (Å²) in [5, 5.41) is 9.51. The predicted molar refractivity (Wildman–Crippen MR) is 53.1 cm³/mol. The number of phenolic OH excluding ortho intramolecular Hbond substituents is 1. The van der Waals surface area contributed by atoms with Gasteiger partial charge in [-0.25, -0.2) is 4.39 Å². The Hall–Kier alpha value is -0.610. The van der Waals surface area contributed by atoms with Crippen molar-refractivity contribution >= 4 is 15.9 Å². The molecule has 1 rings (SSSR count). The van der Waals surface area contributed by atoms with Crippen LogP contribution in [0.4, 0.5) is 4.39 Å². The van der Waals surface area contributed by atoms with E-state index >= 15 is 0 Å². The lowest BCUT2D eigenvalue weighted by Gasteiger charge is -2.12. The molecule has 0 fully saturated rings. The molecule has 0 bridgehead atoms. The van der Waals surface area contributed by atoms with Crippen molar-refractivity contribution < 1.29 is 9.50 Å². The Labute approximate surface area is 84.7 Å². The second kappa shape index (κ2) is 3.64. The van der Waals surface area contributed by atoms with E-state index in [1.54, 1.807) is 13.8 Å². The van der Waals surface area contributed by atoms with Crippen molar-refractivity contribution in [2.45, 2.75) is 19.9 Å². The SMILES string of the molecule is Cc1cc(Br)c(O)c(C(C)N)c1F. The van der Waals surface area contributed by atoms with Crippen LogP contribution in [0.5, 0.6) is 5.75 Å². The van der Waals surface area contributed by atoms with Gasteiger partial charge in [-0.2, -0.15) is 0 Å². The fourth-order valence-corrected chi connectivity index (χ4v) is 1.74. The first-order valence-corrected chi connectivity index (χ1v) is 4.67. The Bertz CT molecular complexity index is 313. The molecular formula is C9H11BrFNO. The molecule has 0 saturated carbocycles. The molecule has 0 spiro atoms. The van der Waals surface area contributed by atoms with Crippen molar-refractivity contribution in [2.75, 3.05) is 0 Å². The number of phenols is 1. The molecule has 0 amide bonds. The van der Waals surface area contributed by atoms with Gasteiger partial charge in [0.15, 0.2) is 0 Å². The first-order valence-electron chi connectivity index (χ1n) is 3.88. The number of halogens is 2. The van der Waals surface area contributed by atoms with E-state index in [4.69, 9.17) is 5.73 Å². The van der Waals surface area contributed by atoms with Crippen LogP contribution in [0, 0.1) is 12.7 Å². The van der Waals surface area contributed by atoms with Crippen LogP contribution >= 0.6 is 15.9 Å². The highest BCUT2D eigenvalue weighted by Gasteiger charge is 2.17. The molecule has 0 aliphatic carbocycles. The lowest BCUT2D eigenvalue weighted by atomic mass is 10.0. The minimum atomic E-state index is -0.517. The fraction of sp³-hybridized carbons (Fsp3) is 0.333. The maximum atomic E-state index is 13.4. The van der Waals surface area contributed by atoms with Crippen LogP contribution in [0.25, 0.3) is 0 Å². The lowest BCUT2D eigenvalue weighted by Crippen LogP contribution is -2.09. The zero-order chi connectivity index (χ0) is 10.2. The van der Waals surface area contributed by atoms with Crippen LogP contribution in [0.3, 0.4) is 0 Å². The summed E-state index contributed by atoms with van der Waals surface area (Å²) < 4.78 is 13.9. The van der Waals surface area contributed by atoms with E-state index in [1.807, 2.05) is 0 Å². The Balaban J connectivity index is 3.46. The third-order valence-electron chi connectivity index (χ3n) is 1.86. The first kappa shape index (κ1) is 10.5. The molecule has 0 radical (unpaired) electrons. The molecule has 0 saturated heterocycles. The van der Waals surface area contributed by atoms with Crippen LogP contribution in [0.15, 0.2) is 10.5 Å². The van der Waals surface area contributed by atoms with Gasteiger partial charge in [-0.3, -0.25) is 0 Å². The highest BCUT2D eigenvalue weighted by molar-refractivity contribution is 9.10. The van der Waals surface area contributed by atoms with Gasteiger partial charge in [-0.15, -0.1) is 0 Å². The van der Waals surface area contributed by atoms with Crippen molar-refractivity contribution in [3.8, 4) is 5.75 Å². The second-order valence-corrected chi connectivity index (χ2v) is 3.89. The van der Waals surface area contributed by atoms with Crippen LogP contribution in [-0.2, 0) is 0 Å². The van der Waals surface area contributed by atoms with Gasteiger partial charge < -0.3 is 10.8 Å². The largest absolute Gasteiger partial charge is 0.506 e. The molecule has 0 aromatic heterocycles. The summed E-state index contributed by atoms with van der Waals surface area (Å²) in [6, 6.07) is 1.01. The van der Waals surface area contributed by atoms with Gasteiger partial charge >= 0.3 is 0 Å². The maximum absolute atomic E-state index is 13.4. The summed E-state index contributed by atoms with van der Waals surface area (Å²) in [7, 11) is 0. The number of aryl methyl sites for hydroxylation is 1. The second-order valence-electron chi connectivity index (χ2n) is 3.04. The molecule has 0 aliphatic heterocycles. The third kappa shape index (κ3) is 1.84. The van der Waals surface area contributed by atoms with E-state index in [0.717, 1.165) is 0 Å². The molecule has 72 valence electrons. The molecule has 13 heavy (non-hydrogen) atoms. The number of nitrogens with two attached hydrogens (primary N) is 1. The molecule has 1 unspecified atom stereocenters. The first-order chi connectivity index (χ1) is 5.95. The minimum absolute atomic E-state index is 0.113. The van der Waals surface area contributed by atoms with Gasteiger partial charge in [0, 0.05) is 11.6 Å². The molecule has 1 aromatic rings. The topological polar surface area (TPSA) is 46.2 Å². The van der Waals surface area contributed by atoms with E-state index in [2.05, 4.69) is 15.9 Å². The lowest BCUT2D eigenvalue weighted by molar-refractivity contribution is 0.447. The Morgan fingerprint density at radius 3 is 2.62 bits per heavy atom. The number of benzene rings is 1. The minimum Gasteiger partial charge on any atom is -0.506 e. The monoisotopic (exact) mass is 247 g/mol. The highest BCUT2D eigenvalue weighted by atomic mass is 79.9. The van der Waals surface area contributed by atoms with Crippen LogP contribution in [0.1, 0.15) is 24.1 Å². The van der Waals surface area contributed by atoms with Crippen molar-refractivity contribution in [1.29, 1.82) is 0 Å². The van der Waals surface area contributed by atoms with Crippen molar-refractivity contribution in [2.24, 2.45) is 5.73 Å². The fourth-order valence-electron chi connectivity index (χ4n) is 1.18. The van der Waals surface area contributed by atoms with Gasteiger partial charge in [0.2, 0.25) is 0 Å². The van der Waals surface area contributed by atoms with Crippen molar-refractivity contribution in [3.63, 3.8) is 0 Å². The molecule has 0 heterocycles. The average molecular weight is 248 g/mol. The van der Waals surface area contributed by atoms with Crippen molar-refractivity contribution in [3.05, 3.63) is 27.5 Å². The molecule has 1 aromatic carbocycles. The summed E-state index contributed by atoms with van der Waals surface area (Å²) in [5.74, 6) is -0.547. The van der Waals surface area contributed by atoms with E-state index in [1.165, 1.54) is 6.07 Å². The summed E-state index contributed by atoms with van der Waals surface area (Å²) in [6.45, 7) is 3.26. The quantitative estimate of drug-likeness (QED) is 0.802. The van der Waals surface area contributed by atoms with E-state index in [0.29, 0.717) is 10.0 Å². The molecule has 2 nitrogen and oxygen atoms in total. The van der Waals surface area contributed by atoms with E-state index in [9.17, 15) is 9.50 Å². The predicted octanol–water partition coefficient (Wildman–Crippen LogP) is 2.62. The zero-order valence-electron chi connectivity index (χ0n) is 7.44. The number of hydrogen-bond donors (Lipinski definition) is 2. The molecule has 0 aliphatic rings. The highest BCUT2D eigenvalue weighted by Crippen LogP contribution is 2.34. The number of rotatable bonds is 1. The van der Waals surface area contributed by atoms with Gasteiger partial charge in [0.1, 0.15) is 11.6 Å². The summed E-state index contributed by atoms with van der Waals surface area (Å²) >= 11 is 3.13. The third-order valence-corrected chi connectivity index (χ3v) is 2.47. The maximum Gasteiger partial charge on any atom is 0.137 e. The van der Waals surface area contributed by atoms with E-state index < -0.39 is 11.9 Å². The standard InChI is InChI=1S/C9H11BrFNO/c1-4-3-6(10)9(13)7(5(2)12)8(4)11/h3,5,13H,12H2,1-2H3. The molecular weight excluding hydrogens is 237 g/mol. The smallest absolute Gasteiger partial charge is 0.137 e. The van der Waals surface area contributed by atoms with Crippen molar-refractivity contribution in [1.82, 2.24) is 0 Å². The van der Waals surface area contributed by atoms with Crippen LogP contribution < -0.4 is 5.73 Å². The van der Waals surface area contributed by atoms with E-state index in [-0.39, 0.29) is 11.3 Å².